The first kappa shape index (κ1) is 19.5. The minimum absolute atomic E-state index is 0.0480. The molecule has 5 rings (SSSR count). The first-order valence-electron chi connectivity index (χ1n) is 9.28. The van der Waals surface area contributed by atoms with Crippen molar-refractivity contribution < 1.29 is 18.0 Å². The van der Waals surface area contributed by atoms with Crippen LogP contribution in [0.5, 0.6) is 0 Å². The van der Waals surface area contributed by atoms with Gasteiger partial charge in [0.2, 0.25) is 0 Å². The number of nitrogens with one attached hydrogen (secondary N) is 2. The van der Waals surface area contributed by atoms with Crippen LogP contribution in [0.2, 0.25) is 0 Å². The van der Waals surface area contributed by atoms with Crippen molar-refractivity contribution in [2.24, 2.45) is 4.40 Å². The number of hydrogen-bond donors (Lipinski definition) is 2. The van der Waals surface area contributed by atoms with Crippen molar-refractivity contribution in [3.63, 3.8) is 0 Å². The van der Waals surface area contributed by atoms with E-state index < -0.39 is 21.8 Å². The molecule has 0 bridgehead atoms. The highest BCUT2D eigenvalue weighted by molar-refractivity contribution is 8.15. The van der Waals surface area contributed by atoms with Crippen molar-refractivity contribution in [1.82, 2.24) is 15.8 Å². The van der Waals surface area contributed by atoms with Gasteiger partial charge in [-0.2, -0.15) is 0 Å². The Kier molecular flexibility index (Phi) is 4.63. The van der Waals surface area contributed by atoms with E-state index in [1.165, 1.54) is 11.8 Å². The summed E-state index contributed by atoms with van der Waals surface area (Å²) in [5.74, 6) is -1.09. The average Bonchev–Trinajstić information content (AvgIpc) is 3.12. The van der Waals surface area contributed by atoms with Gasteiger partial charge in [0, 0.05) is 22.4 Å². The highest BCUT2D eigenvalue weighted by atomic mass is 32.2. The Morgan fingerprint density at radius 2 is 1.81 bits per heavy atom. The Labute approximate surface area is 181 Å². The van der Waals surface area contributed by atoms with E-state index in [-0.39, 0.29) is 11.4 Å². The van der Waals surface area contributed by atoms with Crippen LogP contribution >= 0.6 is 11.8 Å². The lowest BCUT2D eigenvalue weighted by atomic mass is 10.2. The SMILES string of the molecule is O=C(NNC(=O)c1ccc2ccccc2n1)c1ccc2c(c1)SC1=NS(=O)(=O)CCN12. The summed E-state index contributed by atoms with van der Waals surface area (Å²) in [7, 11) is -3.45. The number of carbonyl (C=O) groups is 2. The minimum Gasteiger partial charge on any atom is -0.318 e. The Balaban J connectivity index is 1.29. The van der Waals surface area contributed by atoms with Crippen LogP contribution in [0.1, 0.15) is 20.8 Å². The molecule has 0 unspecified atom stereocenters. The number of amides is 2. The van der Waals surface area contributed by atoms with Gasteiger partial charge < -0.3 is 4.90 Å². The highest BCUT2D eigenvalue weighted by Crippen LogP contribution is 2.42. The second-order valence-electron chi connectivity index (χ2n) is 6.89. The second-order valence-corrected chi connectivity index (χ2v) is 9.66. The van der Waals surface area contributed by atoms with Crippen LogP contribution in [0.15, 0.2) is 63.9 Å². The molecule has 31 heavy (non-hydrogen) atoms. The van der Waals surface area contributed by atoms with Gasteiger partial charge >= 0.3 is 0 Å². The van der Waals surface area contributed by atoms with E-state index in [0.717, 1.165) is 16.0 Å². The van der Waals surface area contributed by atoms with Crippen molar-refractivity contribution in [2.45, 2.75) is 4.90 Å². The van der Waals surface area contributed by atoms with Gasteiger partial charge in [-0.3, -0.25) is 20.4 Å². The maximum atomic E-state index is 12.5. The summed E-state index contributed by atoms with van der Waals surface area (Å²) in [5, 5.41) is 1.29. The number of fused-ring (bicyclic) bond motifs is 4. The third-order valence-electron chi connectivity index (χ3n) is 4.86. The molecule has 156 valence electrons. The topological polar surface area (TPSA) is 121 Å². The Bertz CT molecular complexity index is 1390. The van der Waals surface area contributed by atoms with Crippen molar-refractivity contribution in [2.75, 3.05) is 17.2 Å². The molecule has 2 aliphatic rings. The standard InChI is InChI=1S/C20H15N5O4S2/c26-18(22-23-19(27)15-7-5-12-3-1-2-4-14(12)21-15)13-6-8-16-17(11-13)30-20-24-31(28,29)10-9-25(16)20/h1-8,11H,9-10H2,(H,22,26)(H,23,27). The lowest BCUT2D eigenvalue weighted by Crippen LogP contribution is -2.42. The van der Waals surface area contributed by atoms with E-state index >= 15 is 0 Å². The van der Waals surface area contributed by atoms with Gasteiger partial charge in [0.05, 0.1) is 17.0 Å². The summed E-state index contributed by atoms with van der Waals surface area (Å²) in [5.41, 5.74) is 6.74. The third-order valence-corrected chi connectivity index (χ3v) is 7.16. The minimum atomic E-state index is -3.45. The summed E-state index contributed by atoms with van der Waals surface area (Å²) >= 11 is 1.20. The number of hydrazine groups is 1. The van der Waals surface area contributed by atoms with Crippen LogP contribution in [0.25, 0.3) is 10.9 Å². The average molecular weight is 454 g/mol. The number of carbonyl (C=O) groups excluding carboxylic acids is 2. The van der Waals surface area contributed by atoms with Gasteiger partial charge in [0.1, 0.15) is 5.69 Å². The van der Waals surface area contributed by atoms with Gasteiger partial charge in [-0.05, 0) is 42.1 Å². The normalized spacial score (nSPS) is 16.3. The zero-order chi connectivity index (χ0) is 21.6. The first-order valence-corrected chi connectivity index (χ1v) is 11.7. The summed E-state index contributed by atoms with van der Waals surface area (Å²) < 4.78 is 27.2. The van der Waals surface area contributed by atoms with Gasteiger partial charge in [0.25, 0.3) is 21.8 Å². The highest BCUT2D eigenvalue weighted by Gasteiger charge is 2.33. The molecule has 0 fully saturated rings. The van der Waals surface area contributed by atoms with Crippen LogP contribution in [0, 0.1) is 0 Å². The molecule has 0 saturated heterocycles. The fourth-order valence-electron chi connectivity index (χ4n) is 3.31. The molecule has 0 radical (unpaired) electrons. The molecule has 1 aromatic heterocycles. The van der Waals surface area contributed by atoms with E-state index in [9.17, 15) is 18.0 Å². The smallest absolute Gasteiger partial charge is 0.288 e. The predicted molar refractivity (Wildman–Crippen MR) is 118 cm³/mol. The maximum absolute atomic E-state index is 12.5. The van der Waals surface area contributed by atoms with Gasteiger partial charge in [-0.25, -0.2) is 13.4 Å². The number of anilines is 1. The van der Waals surface area contributed by atoms with Crippen molar-refractivity contribution >= 4 is 55.4 Å². The quantitative estimate of drug-likeness (QED) is 0.569. The van der Waals surface area contributed by atoms with Crippen LogP contribution in [-0.2, 0) is 10.0 Å². The van der Waals surface area contributed by atoms with Crippen LogP contribution in [0.3, 0.4) is 0 Å². The van der Waals surface area contributed by atoms with Gasteiger partial charge in [-0.1, -0.05) is 24.3 Å². The largest absolute Gasteiger partial charge is 0.318 e. The van der Waals surface area contributed by atoms with E-state index in [0.29, 0.717) is 22.8 Å². The second kappa shape index (κ2) is 7.36. The molecule has 0 aliphatic carbocycles. The number of nitrogens with zero attached hydrogens (tertiary/aromatic N) is 3. The fraction of sp³-hybridized carbons (Fsp3) is 0.100. The predicted octanol–water partition coefficient (Wildman–Crippen LogP) is 1.92. The number of pyridine rings is 1. The first-order chi connectivity index (χ1) is 14.9. The fourth-order valence-corrected chi connectivity index (χ4v) is 5.61. The maximum Gasteiger partial charge on any atom is 0.288 e. The van der Waals surface area contributed by atoms with E-state index in [2.05, 4.69) is 20.2 Å². The summed E-state index contributed by atoms with van der Waals surface area (Å²) in [6.07, 6.45) is 0. The number of thioether (sulfide) groups is 1. The van der Waals surface area contributed by atoms with Crippen molar-refractivity contribution in [3.05, 3.63) is 65.9 Å². The number of amidine groups is 1. The summed E-state index contributed by atoms with van der Waals surface area (Å²) in [6, 6.07) is 15.8. The molecule has 2 aliphatic heterocycles. The van der Waals surface area contributed by atoms with E-state index in [1.54, 1.807) is 36.4 Å². The molecule has 0 atom stereocenters. The van der Waals surface area contributed by atoms with Crippen molar-refractivity contribution in [1.29, 1.82) is 0 Å². The summed E-state index contributed by atoms with van der Waals surface area (Å²) in [4.78, 5) is 31.7. The Hall–Kier alpha value is -3.44. The van der Waals surface area contributed by atoms with Crippen molar-refractivity contribution in [3.8, 4) is 0 Å². The summed E-state index contributed by atoms with van der Waals surface area (Å²) in [6.45, 7) is 0.321. The van der Waals surface area contributed by atoms with Gasteiger partial charge in [-0.15, -0.1) is 4.40 Å². The molecule has 0 spiro atoms. The molecule has 2 aromatic carbocycles. The lowest BCUT2D eigenvalue weighted by molar-refractivity contribution is 0.0844. The Morgan fingerprint density at radius 3 is 2.68 bits per heavy atom. The molecule has 3 aromatic rings. The zero-order valence-corrected chi connectivity index (χ0v) is 17.5. The number of rotatable bonds is 2. The number of hydrogen-bond acceptors (Lipinski definition) is 7. The third kappa shape index (κ3) is 3.73. The molecule has 9 nitrogen and oxygen atoms in total. The molecular weight excluding hydrogens is 438 g/mol. The van der Waals surface area contributed by atoms with Crippen LogP contribution in [0.4, 0.5) is 5.69 Å². The molecule has 0 saturated carbocycles. The van der Waals surface area contributed by atoms with Gasteiger partial charge in [0.15, 0.2) is 5.17 Å². The zero-order valence-electron chi connectivity index (χ0n) is 15.9. The number of aromatic nitrogens is 1. The number of para-hydroxylation sites is 1. The van der Waals surface area contributed by atoms with E-state index in [4.69, 9.17) is 0 Å². The molecule has 11 heteroatoms. The Morgan fingerprint density at radius 1 is 1.00 bits per heavy atom. The van der Waals surface area contributed by atoms with Crippen LogP contribution < -0.4 is 15.8 Å². The van der Waals surface area contributed by atoms with E-state index in [1.807, 2.05) is 23.1 Å². The molecule has 2 amide bonds. The van der Waals surface area contributed by atoms with Crippen LogP contribution in [-0.4, -0.2) is 42.7 Å². The molecule has 3 heterocycles. The molecular formula is C20H15N5O4S2. The molecule has 2 N–H and O–H groups in total. The monoisotopic (exact) mass is 453 g/mol. The number of benzene rings is 2. The number of sulfonamides is 1. The lowest BCUT2D eigenvalue weighted by Gasteiger charge is -2.22.